The SMILES string of the molecule is COc1ccc(CCOc2nc(N3CCOCC3)c3cc(NC(=O)c4ccccc4)ccc3n2)cc1OC. The quantitative estimate of drug-likeness (QED) is 0.352. The zero-order chi connectivity index (χ0) is 26.3. The minimum absolute atomic E-state index is 0.172. The number of fused-ring (bicyclic) bond motifs is 1. The predicted octanol–water partition coefficient (Wildman–Crippen LogP) is 4.36. The van der Waals surface area contributed by atoms with Crippen molar-refractivity contribution in [3.8, 4) is 17.5 Å². The van der Waals surface area contributed by atoms with E-state index in [0.29, 0.717) is 68.1 Å². The van der Waals surface area contributed by atoms with E-state index in [1.165, 1.54) is 0 Å². The van der Waals surface area contributed by atoms with Gasteiger partial charge in [0.15, 0.2) is 11.5 Å². The number of hydrogen-bond donors (Lipinski definition) is 1. The van der Waals surface area contributed by atoms with E-state index in [2.05, 4.69) is 15.2 Å². The van der Waals surface area contributed by atoms with Gasteiger partial charge in [0, 0.05) is 36.1 Å². The Morgan fingerprint density at radius 3 is 2.50 bits per heavy atom. The Labute approximate surface area is 221 Å². The molecule has 38 heavy (non-hydrogen) atoms. The number of carbonyl (C=O) groups excluding carboxylic acids is 1. The molecule has 2 heterocycles. The largest absolute Gasteiger partial charge is 0.493 e. The van der Waals surface area contributed by atoms with Crippen LogP contribution in [0.15, 0.2) is 66.7 Å². The molecule has 196 valence electrons. The van der Waals surface area contributed by atoms with E-state index in [9.17, 15) is 4.79 Å². The number of anilines is 2. The van der Waals surface area contributed by atoms with Crippen molar-refractivity contribution in [2.45, 2.75) is 6.42 Å². The van der Waals surface area contributed by atoms with E-state index in [1.54, 1.807) is 26.4 Å². The first-order chi connectivity index (χ1) is 18.6. The first-order valence-electron chi connectivity index (χ1n) is 12.5. The number of aromatic nitrogens is 2. The molecule has 0 saturated carbocycles. The molecule has 0 radical (unpaired) electrons. The summed E-state index contributed by atoms with van der Waals surface area (Å²) in [5.41, 5.74) is 3.05. The Morgan fingerprint density at radius 2 is 1.74 bits per heavy atom. The number of benzene rings is 3. The van der Waals surface area contributed by atoms with Crippen LogP contribution in [0.1, 0.15) is 15.9 Å². The summed E-state index contributed by atoms with van der Waals surface area (Å²) in [5.74, 6) is 1.95. The second-order valence-corrected chi connectivity index (χ2v) is 8.77. The van der Waals surface area contributed by atoms with Gasteiger partial charge in [0.2, 0.25) is 0 Å². The van der Waals surface area contributed by atoms with Crippen molar-refractivity contribution in [1.82, 2.24) is 9.97 Å². The van der Waals surface area contributed by atoms with Crippen molar-refractivity contribution in [1.29, 1.82) is 0 Å². The van der Waals surface area contributed by atoms with E-state index in [0.717, 1.165) is 22.3 Å². The van der Waals surface area contributed by atoms with Crippen LogP contribution in [0.3, 0.4) is 0 Å². The van der Waals surface area contributed by atoms with Crippen molar-refractivity contribution >= 4 is 28.3 Å². The van der Waals surface area contributed by atoms with Gasteiger partial charge in [-0.25, -0.2) is 0 Å². The molecule has 0 unspecified atom stereocenters. The second-order valence-electron chi connectivity index (χ2n) is 8.77. The zero-order valence-corrected chi connectivity index (χ0v) is 21.5. The first kappa shape index (κ1) is 25.3. The van der Waals surface area contributed by atoms with E-state index >= 15 is 0 Å². The van der Waals surface area contributed by atoms with Crippen molar-refractivity contribution in [2.75, 3.05) is 57.3 Å². The third-order valence-corrected chi connectivity index (χ3v) is 6.33. The number of methoxy groups -OCH3 is 2. The smallest absolute Gasteiger partial charge is 0.318 e. The van der Waals surface area contributed by atoms with E-state index in [4.69, 9.17) is 23.9 Å². The number of nitrogens with zero attached hydrogens (tertiary/aromatic N) is 3. The molecule has 1 aromatic heterocycles. The Morgan fingerprint density at radius 1 is 0.947 bits per heavy atom. The van der Waals surface area contributed by atoms with E-state index in [1.807, 2.05) is 54.6 Å². The molecule has 1 saturated heterocycles. The van der Waals surface area contributed by atoms with Gasteiger partial charge in [-0.3, -0.25) is 4.79 Å². The highest BCUT2D eigenvalue weighted by Gasteiger charge is 2.19. The van der Waals surface area contributed by atoms with Gasteiger partial charge >= 0.3 is 6.01 Å². The maximum absolute atomic E-state index is 12.7. The van der Waals surface area contributed by atoms with Crippen LogP contribution in [0.5, 0.6) is 17.5 Å². The lowest BCUT2D eigenvalue weighted by Gasteiger charge is -2.29. The summed E-state index contributed by atoms with van der Waals surface area (Å²) >= 11 is 0. The number of amides is 1. The highest BCUT2D eigenvalue weighted by Crippen LogP contribution is 2.30. The van der Waals surface area contributed by atoms with Crippen LogP contribution in [0, 0.1) is 0 Å². The average molecular weight is 515 g/mol. The zero-order valence-electron chi connectivity index (χ0n) is 21.5. The van der Waals surface area contributed by atoms with Crippen molar-refractivity contribution in [3.05, 3.63) is 77.9 Å². The number of carbonyl (C=O) groups is 1. The van der Waals surface area contributed by atoms with E-state index < -0.39 is 0 Å². The molecule has 0 spiro atoms. The van der Waals surface area contributed by atoms with Crippen LogP contribution in [-0.2, 0) is 11.2 Å². The molecule has 9 heteroatoms. The van der Waals surface area contributed by atoms with Gasteiger partial charge in [0.05, 0.1) is 39.6 Å². The lowest BCUT2D eigenvalue weighted by atomic mass is 10.1. The maximum Gasteiger partial charge on any atom is 0.318 e. The molecule has 3 aromatic carbocycles. The maximum atomic E-state index is 12.7. The highest BCUT2D eigenvalue weighted by molar-refractivity contribution is 6.05. The van der Waals surface area contributed by atoms with Crippen molar-refractivity contribution < 1.29 is 23.7 Å². The third kappa shape index (κ3) is 5.78. The standard InChI is InChI=1S/C29H30N4O5/c1-35-25-11-8-20(18-26(25)36-2)12-15-38-29-31-24-10-9-22(30-28(34)21-6-4-3-5-7-21)19-23(24)27(32-29)33-13-16-37-17-14-33/h3-11,18-19H,12-17H2,1-2H3,(H,30,34). The molecular weight excluding hydrogens is 484 g/mol. The van der Waals surface area contributed by atoms with Gasteiger partial charge in [-0.2, -0.15) is 9.97 Å². The summed E-state index contributed by atoms with van der Waals surface area (Å²) in [6.07, 6.45) is 0.652. The fraction of sp³-hybridized carbons (Fsp3) is 0.276. The molecule has 1 aliphatic rings. The minimum Gasteiger partial charge on any atom is -0.493 e. The lowest BCUT2D eigenvalue weighted by molar-refractivity contribution is 0.102. The molecular formula is C29H30N4O5. The molecule has 0 bridgehead atoms. The summed E-state index contributed by atoms with van der Waals surface area (Å²) in [4.78, 5) is 24.3. The van der Waals surface area contributed by atoms with Gasteiger partial charge in [0.1, 0.15) is 5.82 Å². The second kappa shape index (κ2) is 11.8. The Kier molecular flexibility index (Phi) is 7.84. The van der Waals surface area contributed by atoms with Crippen LogP contribution in [0.2, 0.25) is 0 Å². The topological polar surface area (TPSA) is 95.0 Å². The van der Waals surface area contributed by atoms with Crippen LogP contribution in [0.4, 0.5) is 11.5 Å². The summed E-state index contributed by atoms with van der Waals surface area (Å²) in [5, 5.41) is 3.81. The molecule has 1 fully saturated rings. The monoisotopic (exact) mass is 514 g/mol. The fourth-order valence-electron chi connectivity index (χ4n) is 4.34. The molecule has 5 rings (SSSR count). The van der Waals surface area contributed by atoms with Crippen LogP contribution < -0.4 is 24.4 Å². The minimum atomic E-state index is -0.172. The summed E-state index contributed by atoms with van der Waals surface area (Å²) in [7, 11) is 3.23. The number of rotatable bonds is 9. The molecule has 1 N–H and O–H groups in total. The van der Waals surface area contributed by atoms with Gasteiger partial charge in [-0.05, 0) is 48.0 Å². The van der Waals surface area contributed by atoms with E-state index in [-0.39, 0.29) is 5.91 Å². The number of nitrogens with one attached hydrogen (secondary N) is 1. The van der Waals surface area contributed by atoms with Gasteiger partial charge in [-0.1, -0.05) is 24.3 Å². The predicted molar refractivity (Wildman–Crippen MR) is 146 cm³/mol. The molecule has 1 aliphatic heterocycles. The number of morpholine rings is 1. The van der Waals surface area contributed by atoms with Crippen molar-refractivity contribution in [2.24, 2.45) is 0 Å². The van der Waals surface area contributed by atoms with Gasteiger partial charge in [-0.15, -0.1) is 0 Å². The Balaban J connectivity index is 1.37. The van der Waals surface area contributed by atoms with Gasteiger partial charge < -0.3 is 29.2 Å². The molecule has 4 aromatic rings. The van der Waals surface area contributed by atoms with Crippen LogP contribution in [-0.4, -0.2) is 63.0 Å². The van der Waals surface area contributed by atoms with Gasteiger partial charge in [0.25, 0.3) is 5.91 Å². The average Bonchev–Trinajstić information content (AvgIpc) is 2.97. The number of hydrogen-bond acceptors (Lipinski definition) is 8. The molecule has 1 amide bonds. The summed E-state index contributed by atoms with van der Waals surface area (Å²) < 4.78 is 22.3. The van der Waals surface area contributed by atoms with Crippen LogP contribution >= 0.6 is 0 Å². The summed E-state index contributed by atoms with van der Waals surface area (Å²) in [6.45, 7) is 3.04. The fourth-order valence-corrected chi connectivity index (χ4v) is 4.34. The Bertz CT molecular complexity index is 1410. The first-order valence-corrected chi connectivity index (χ1v) is 12.5. The Hall–Kier alpha value is -4.37. The lowest BCUT2D eigenvalue weighted by Crippen LogP contribution is -2.37. The molecule has 0 aliphatic carbocycles. The summed E-state index contributed by atoms with van der Waals surface area (Å²) in [6, 6.07) is 20.9. The highest BCUT2D eigenvalue weighted by atomic mass is 16.5. The molecule has 9 nitrogen and oxygen atoms in total. The third-order valence-electron chi connectivity index (χ3n) is 6.33. The normalized spacial score (nSPS) is 13.3. The van der Waals surface area contributed by atoms with Crippen LogP contribution in [0.25, 0.3) is 10.9 Å². The molecule has 0 atom stereocenters. The number of ether oxygens (including phenoxy) is 4. The van der Waals surface area contributed by atoms with Crippen molar-refractivity contribution in [3.63, 3.8) is 0 Å².